The van der Waals surface area contributed by atoms with E-state index in [0.717, 1.165) is 38.2 Å². The topological polar surface area (TPSA) is 32.3 Å². The van der Waals surface area contributed by atoms with Gasteiger partial charge in [0.2, 0.25) is 0 Å². The number of rotatable bonds is 0. The summed E-state index contributed by atoms with van der Waals surface area (Å²) in [6.07, 6.45) is 2.16. The molecule has 2 atom stereocenters. The van der Waals surface area contributed by atoms with Crippen LogP contribution in [0.5, 0.6) is 0 Å². The van der Waals surface area contributed by atoms with Crippen LogP contribution in [-0.4, -0.2) is 41.1 Å². The van der Waals surface area contributed by atoms with Gasteiger partial charge in [-0.1, -0.05) is 0 Å². The molecule has 4 heterocycles. The SMILES string of the molecule is C[C@H]1O[C@@]2(CS1)C[N+]1([O-])CCC2CC1. The molecule has 0 radical (unpaired) electrons. The van der Waals surface area contributed by atoms with Gasteiger partial charge in [0.25, 0.3) is 0 Å². The first kappa shape index (κ1) is 9.46. The van der Waals surface area contributed by atoms with E-state index in [0.29, 0.717) is 11.4 Å². The summed E-state index contributed by atoms with van der Waals surface area (Å²) >= 11 is 1.87. The summed E-state index contributed by atoms with van der Waals surface area (Å²) in [5.74, 6) is 1.70. The second-order valence-electron chi connectivity index (χ2n) is 5.00. The van der Waals surface area contributed by atoms with Crippen LogP contribution >= 0.6 is 11.8 Å². The predicted molar refractivity (Wildman–Crippen MR) is 56.7 cm³/mol. The Morgan fingerprint density at radius 3 is 2.64 bits per heavy atom. The van der Waals surface area contributed by atoms with Gasteiger partial charge in [0, 0.05) is 24.5 Å². The van der Waals surface area contributed by atoms with E-state index in [4.69, 9.17) is 4.74 Å². The van der Waals surface area contributed by atoms with Crippen molar-refractivity contribution in [3.05, 3.63) is 5.21 Å². The van der Waals surface area contributed by atoms with Gasteiger partial charge in [-0.05, 0) is 6.92 Å². The third-order valence-electron chi connectivity index (χ3n) is 4.03. The standard InChI is InChI=1S/C10H17NO2S/c1-8-13-10(7-14-8)6-11(12)4-2-9(10)3-5-11/h8-9H,2-7H2,1H3/t8-,9?,10+,11?/m0/s1. The number of hydroxylamine groups is 3. The molecule has 0 aromatic rings. The molecule has 2 bridgehead atoms. The van der Waals surface area contributed by atoms with Crippen molar-refractivity contribution in [3.8, 4) is 0 Å². The van der Waals surface area contributed by atoms with Crippen LogP contribution in [0.15, 0.2) is 0 Å². The third-order valence-corrected chi connectivity index (χ3v) is 5.25. The van der Waals surface area contributed by atoms with Crippen molar-refractivity contribution in [2.75, 3.05) is 25.4 Å². The van der Waals surface area contributed by atoms with E-state index in [1.165, 1.54) is 0 Å². The predicted octanol–water partition coefficient (Wildman–Crippen LogP) is 1.57. The summed E-state index contributed by atoms with van der Waals surface area (Å²) in [5.41, 5.74) is 0.240. The van der Waals surface area contributed by atoms with Crippen LogP contribution in [0.2, 0.25) is 0 Å². The van der Waals surface area contributed by atoms with Crippen molar-refractivity contribution in [2.24, 2.45) is 5.92 Å². The maximum atomic E-state index is 12.2. The number of ether oxygens (including phenoxy) is 1. The number of hydrogen-bond donors (Lipinski definition) is 0. The van der Waals surface area contributed by atoms with E-state index >= 15 is 0 Å². The fraction of sp³-hybridized carbons (Fsp3) is 1.00. The van der Waals surface area contributed by atoms with E-state index < -0.39 is 0 Å². The van der Waals surface area contributed by atoms with Crippen LogP contribution in [0.3, 0.4) is 0 Å². The largest absolute Gasteiger partial charge is 0.633 e. The molecule has 4 rings (SSSR count). The first-order valence-electron chi connectivity index (χ1n) is 5.49. The van der Waals surface area contributed by atoms with Crippen LogP contribution in [0.1, 0.15) is 19.8 Å². The molecule has 1 spiro atoms. The van der Waals surface area contributed by atoms with Crippen molar-refractivity contribution in [1.29, 1.82) is 0 Å². The molecular formula is C10H17NO2S. The summed E-state index contributed by atoms with van der Waals surface area (Å²) in [6.45, 7) is 4.48. The maximum Gasteiger partial charge on any atom is 0.131 e. The lowest BCUT2D eigenvalue weighted by molar-refractivity contribution is -0.905. The summed E-state index contributed by atoms with van der Waals surface area (Å²) in [4.78, 5) is 0. The van der Waals surface area contributed by atoms with Crippen molar-refractivity contribution >= 4 is 11.8 Å². The zero-order chi connectivity index (χ0) is 9.81. The van der Waals surface area contributed by atoms with Crippen molar-refractivity contribution in [3.63, 3.8) is 0 Å². The molecule has 4 aliphatic heterocycles. The highest BCUT2D eigenvalue weighted by molar-refractivity contribution is 8.00. The Balaban J connectivity index is 1.87. The number of quaternary nitrogens is 1. The van der Waals surface area contributed by atoms with Gasteiger partial charge in [0.05, 0.1) is 13.1 Å². The fourth-order valence-corrected chi connectivity index (χ4v) is 4.46. The first-order valence-corrected chi connectivity index (χ1v) is 6.53. The minimum atomic E-state index is -0.0532. The maximum absolute atomic E-state index is 12.2. The fourth-order valence-electron chi connectivity index (χ4n) is 3.29. The smallest absolute Gasteiger partial charge is 0.131 e. The van der Waals surface area contributed by atoms with Crippen LogP contribution in [0, 0.1) is 11.1 Å². The summed E-state index contributed by atoms with van der Waals surface area (Å²) in [7, 11) is 0. The zero-order valence-electron chi connectivity index (χ0n) is 8.57. The molecule has 4 heteroatoms. The summed E-state index contributed by atoms with van der Waals surface area (Å²) in [5, 5.41) is 12.2. The van der Waals surface area contributed by atoms with Gasteiger partial charge in [-0.2, -0.15) is 0 Å². The Morgan fingerprint density at radius 1 is 1.43 bits per heavy atom. The lowest BCUT2D eigenvalue weighted by atomic mass is 9.76. The van der Waals surface area contributed by atoms with Crippen LogP contribution in [0.4, 0.5) is 0 Å². The molecule has 0 unspecified atom stereocenters. The number of piperidine rings is 3. The molecule has 0 amide bonds. The zero-order valence-corrected chi connectivity index (χ0v) is 9.39. The summed E-state index contributed by atoms with van der Waals surface area (Å²) in [6, 6.07) is 0. The monoisotopic (exact) mass is 215 g/mol. The molecule has 0 aliphatic carbocycles. The minimum Gasteiger partial charge on any atom is -0.633 e. The average Bonchev–Trinajstić information content (AvgIpc) is 2.47. The van der Waals surface area contributed by atoms with E-state index in [2.05, 4.69) is 6.92 Å². The highest BCUT2D eigenvalue weighted by Gasteiger charge is 2.56. The molecule has 4 fully saturated rings. The highest BCUT2D eigenvalue weighted by Crippen LogP contribution is 2.48. The molecule has 80 valence electrons. The Hall–Kier alpha value is 0.230. The molecule has 0 aromatic carbocycles. The van der Waals surface area contributed by atoms with Crippen molar-refractivity contribution in [1.82, 2.24) is 0 Å². The molecule has 0 saturated carbocycles. The normalized spacial score (nSPS) is 57.0. The quantitative estimate of drug-likeness (QED) is 0.454. The van der Waals surface area contributed by atoms with Gasteiger partial charge in [-0.3, -0.25) is 0 Å². The van der Waals surface area contributed by atoms with Crippen molar-refractivity contribution < 1.29 is 9.38 Å². The van der Waals surface area contributed by atoms with Gasteiger partial charge < -0.3 is 14.6 Å². The molecule has 0 N–H and O–H groups in total. The van der Waals surface area contributed by atoms with Crippen LogP contribution in [-0.2, 0) is 4.74 Å². The van der Waals surface area contributed by atoms with E-state index in [-0.39, 0.29) is 10.2 Å². The van der Waals surface area contributed by atoms with Gasteiger partial charge in [-0.15, -0.1) is 11.8 Å². The second-order valence-corrected chi connectivity index (χ2v) is 6.28. The minimum absolute atomic E-state index is 0.0176. The Bertz CT molecular complexity index is 253. The number of thioether (sulfide) groups is 1. The lowest BCUT2D eigenvalue weighted by Crippen LogP contribution is -2.67. The highest BCUT2D eigenvalue weighted by atomic mass is 32.2. The third kappa shape index (κ3) is 1.24. The van der Waals surface area contributed by atoms with Gasteiger partial charge >= 0.3 is 0 Å². The molecule has 4 aliphatic rings. The molecular weight excluding hydrogens is 198 g/mol. The molecule has 0 aromatic heterocycles. The van der Waals surface area contributed by atoms with Crippen molar-refractivity contribution in [2.45, 2.75) is 30.8 Å². The van der Waals surface area contributed by atoms with Gasteiger partial charge in [0.15, 0.2) is 0 Å². The average molecular weight is 215 g/mol. The second kappa shape index (κ2) is 2.88. The van der Waals surface area contributed by atoms with Crippen LogP contribution in [0.25, 0.3) is 0 Å². The van der Waals surface area contributed by atoms with Gasteiger partial charge in [-0.25, -0.2) is 0 Å². The lowest BCUT2D eigenvalue weighted by Gasteiger charge is -2.59. The Labute approximate surface area is 89.0 Å². The van der Waals surface area contributed by atoms with Crippen LogP contribution < -0.4 is 0 Å². The van der Waals surface area contributed by atoms with E-state index in [9.17, 15) is 5.21 Å². The number of fused-ring (bicyclic) bond motifs is 2. The molecule has 14 heavy (non-hydrogen) atoms. The first-order chi connectivity index (χ1) is 6.62. The Kier molecular flexibility index (Phi) is 1.94. The molecule has 4 saturated heterocycles. The Morgan fingerprint density at radius 2 is 2.14 bits per heavy atom. The number of nitrogens with zero attached hydrogens (tertiary/aromatic N) is 1. The number of hydrogen-bond acceptors (Lipinski definition) is 3. The van der Waals surface area contributed by atoms with E-state index in [1.54, 1.807) is 0 Å². The molecule has 3 nitrogen and oxygen atoms in total. The van der Waals surface area contributed by atoms with E-state index in [1.807, 2.05) is 11.8 Å². The van der Waals surface area contributed by atoms with Gasteiger partial charge in [0.1, 0.15) is 17.6 Å². The summed E-state index contributed by atoms with van der Waals surface area (Å²) < 4.78 is 6.05.